The molecule has 7 nitrogen and oxygen atoms in total. The van der Waals surface area contributed by atoms with E-state index in [0.717, 1.165) is 74.5 Å². The fraction of sp³-hybridized carbons (Fsp3) is 0.500. The van der Waals surface area contributed by atoms with Crippen molar-refractivity contribution in [2.75, 3.05) is 42.3 Å². The molecule has 2 aromatic rings. The van der Waals surface area contributed by atoms with Gasteiger partial charge < -0.3 is 20.0 Å². The second-order valence-electron chi connectivity index (χ2n) is 9.65. The molecule has 1 saturated heterocycles. The zero-order valence-corrected chi connectivity index (χ0v) is 19.6. The maximum absolute atomic E-state index is 13.0. The molecule has 5 rings (SSSR count). The van der Waals surface area contributed by atoms with Gasteiger partial charge in [0.1, 0.15) is 5.82 Å². The van der Waals surface area contributed by atoms with E-state index < -0.39 is 0 Å². The molecule has 1 aromatic heterocycles. The number of nitrogens with one attached hydrogen (secondary N) is 1. The first-order valence-electron chi connectivity index (χ1n) is 12.2. The van der Waals surface area contributed by atoms with Gasteiger partial charge in [-0.15, -0.1) is 0 Å². The van der Waals surface area contributed by atoms with Gasteiger partial charge in [-0.1, -0.05) is 12.1 Å². The summed E-state index contributed by atoms with van der Waals surface area (Å²) >= 11 is 0. The third-order valence-corrected chi connectivity index (χ3v) is 7.51. The molecule has 174 valence electrons. The Balaban J connectivity index is 1.25. The Bertz CT molecular complexity index is 1040. The summed E-state index contributed by atoms with van der Waals surface area (Å²) in [6.45, 7) is 1.89. The van der Waals surface area contributed by atoms with E-state index in [1.165, 1.54) is 0 Å². The van der Waals surface area contributed by atoms with Crippen LogP contribution in [0.3, 0.4) is 0 Å². The van der Waals surface area contributed by atoms with E-state index in [1.54, 1.807) is 18.1 Å². The van der Waals surface area contributed by atoms with Crippen LogP contribution in [0.4, 0.5) is 22.9 Å². The van der Waals surface area contributed by atoms with Crippen LogP contribution in [0.25, 0.3) is 0 Å². The third kappa shape index (κ3) is 4.28. The Hall–Kier alpha value is -3.09. The molecule has 7 heteroatoms. The van der Waals surface area contributed by atoms with Crippen LogP contribution in [0, 0.1) is 5.92 Å². The predicted molar refractivity (Wildman–Crippen MR) is 131 cm³/mol. The highest BCUT2D eigenvalue weighted by Crippen LogP contribution is 2.40. The Morgan fingerprint density at radius 1 is 1.00 bits per heavy atom. The van der Waals surface area contributed by atoms with E-state index in [2.05, 4.69) is 15.2 Å². The van der Waals surface area contributed by atoms with Crippen molar-refractivity contribution in [2.24, 2.45) is 5.92 Å². The first-order chi connectivity index (χ1) is 16.0. The highest BCUT2D eigenvalue weighted by molar-refractivity contribution is 6.13. The molecule has 2 amide bonds. The minimum atomic E-state index is -0.0273. The van der Waals surface area contributed by atoms with Crippen LogP contribution in [0.15, 0.2) is 36.5 Å². The molecule has 3 heterocycles. The number of para-hydroxylation sites is 1. The van der Waals surface area contributed by atoms with Gasteiger partial charge in [-0.2, -0.15) is 0 Å². The second-order valence-corrected chi connectivity index (χ2v) is 9.65. The van der Waals surface area contributed by atoms with Gasteiger partial charge in [0.15, 0.2) is 0 Å². The van der Waals surface area contributed by atoms with Crippen LogP contribution < -0.4 is 15.1 Å². The summed E-state index contributed by atoms with van der Waals surface area (Å²) in [7, 11) is 3.80. The largest absolute Gasteiger partial charge is 0.367 e. The van der Waals surface area contributed by atoms with Gasteiger partial charge in [0.05, 0.1) is 28.8 Å². The van der Waals surface area contributed by atoms with Gasteiger partial charge in [0.2, 0.25) is 5.91 Å². The highest BCUT2D eigenvalue weighted by atomic mass is 16.2. The summed E-state index contributed by atoms with van der Waals surface area (Å²) in [4.78, 5) is 35.9. The molecule has 1 saturated carbocycles. The maximum atomic E-state index is 13.0. The Morgan fingerprint density at radius 2 is 1.73 bits per heavy atom. The summed E-state index contributed by atoms with van der Waals surface area (Å²) in [6.07, 6.45) is 9.05. The summed E-state index contributed by atoms with van der Waals surface area (Å²) in [5.41, 5.74) is 3.34. The molecule has 2 aliphatic heterocycles. The van der Waals surface area contributed by atoms with Gasteiger partial charge in [-0.3, -0.25) is 9.59 Å². The van der Waals surface area contributed by atoms with Gasteiger partial charge >= 0.3 is 0 Å². The quantitative estimate of drug-likeness (QED) is 0.751. The monoisotopic (exact) mass is 447 g/mol. The lowest BCUT2D eigenvalue weighted by Gasteiger charge is -2.30. The van der Waals surface area contributed by atoms with Crippen LogP contribution in [0.1, 0.15) is 55.3 Å². The first-order valence-corrected chi connectivity index (χ1v) is 12.2. The van der Waals surface area contributed by atoms with Crippen LogP contribution in [0.2, 0.25) is 0 Å². The molecule has 0 spiro atoms. The molecule has 3 aliphatic rings. The number of carbonyl (C=O) groups excluding carboxylic acids is 2. The van der Waals surface area contributed by atoms with Crippen molar-refractivity contribution in [2.45, 2.75) is 51.0 Å². The number of pyridine rings is 1. The summed E-state index contributed by atoms with van der Waals surface area (Å²) in [5, 5.41) is 3.61. The lowest BCUT2D eigenvalue weighted by molar-refractivity contribution is -0.131. The number of anilines is 4. The summed E-state index contributed by atoms with van der Waals surface area (Å²) in [6, 6.07) is 10.1. The maximum Gasteiger partial charge on any atom is 0.260 e. The zero-order valence-electron chi connectivity index (χ0n) is 19.6. The third-order valence-electron chi connectivity index (χ3n) is 7.51. The van der Waals surface area contributed by atoms with Gasteiger partial charge in [-0.25, -0.2) is 4.98 Å². The van der Waals surface area contributed by atoms with Crippen LogP contribution >= 0.6 is 0 Å². The van der Waals surface area contributed by atoms with Crippen molar-refractivity contribution in [3.8, 4) is 0 Å². The SMILES string of the molecule is CN1C(=O)c2ccccc2N(C)c2cc(NC3CCC(CC(=O)N4CCCC4)CC3)ncc21. The number of rotatable bonds is 4. The lowest BCUT2D eigenvalue weighted by atomic mass is 9.84. The van der Waals surface area contributed by atoms with Crippen molar-refractivity contribution in [1.82, 2.24) is 9.88 Å². The number of hydrogen-bond donors (Lipinski definition) is 1. The zero-order chi connectivity index (χ0) is 22.9. The normalized spacial score (nSPS) is 22.6. The molecular weight excluding hydrogens is 414 g/mol. The first kappa shape index (κ1) is 21.7. The molecule has 1 aliphatic carbocycles. The number of likely N-dealkylation sites (tertiary alicyclic amines) is 1. The van der Waals surface area contributed by atoms with Gasteiger partial charge in [-0.05, 0) is 56.6 Å². The summed E-state index contributed by atoms with van der Waals surface area (Å²) in [5.74, 6) is 1.65. The Labute approximate surface area is 195 Å². The number of fused-ring (bicyclic) bond motifs is 2. The van der Waals surface area contributed by atoms with Crippen molar-refractivity contribution in [3.63, 3.8) is 0 Å². The van der Waals surface area contributed by atoms with E-state index in [9.17, 15) is 9.59 Å². The molecule has 2 fully saturated rings. The van der Waals surface area contributed by atoms with Crippen molar-refractivity contribution >= 4 is 34.7 Å². The van der Waals surface area contributed by atoms with E-state index in [0.29, 0.717) is 29.9 Å². The topological polar surface area (TPSA) is 68.8 Å². The minimum absolute atomic E-state index is 0.0273. The second kappa shape index (κ2) is 9.04. The number of nitrogens with zero attached hydrogens (tertiary/aromatic N) is 4. The van der Waals surface area contributed by atoms with Gasteiger partial charge in [0, 0.05) is 45.7 Å². The average molecular weight is 448 g/mol. The number of benzene rings is 1. The fourth-order valence-corrected chi connectivity index (χ4v) is 5.47. The van der Waals surface area contributed by atoms with E-state index in [-0.39, 0.29) is 5.91 Å². The number of carbonyl (C=O) groups is 2. The van der Waals surface area contributed by atoms with E-state index >= 15 is 0 Å². The van der Waals surface area contributed by atoms with Crippen molar-refractivity contribution < 1.29 is 9.59 Å². The predicted octanol–water partition coefficient (Wildman–Crippen LogP) is 4.42. The standard InChI is InChI=1S/C26H33N5O2/c1-29-21-8-4-3-7-20(21)26(33)30(2)23-17-27-24(16-22(23)29)28-19-11-9-18(10-12-19)15-25(32)31-13-5-6-14-31/h3-4,7-8,16-19H,5-6,9-15H2,1-2H3,(H,27,28). The van der Waals surface area contributed by atoms with Crippen molar-refractivity contribution in [1.29, 1.82) is 0 Å². The summed E-state index contributed by atoms with van der Waals surface area (Å²) < 4.78 is 0. The number of aromatic nitrogens is 1. The minimum Gasteiger partial charge on any atom is -0.367 e. The van der Waals surface area contributed by atoms with E-state index in [4.69, 9.17) is 0 Å². The number of hydrogen-bond acceptors (Lipinski definition) is 5. The Morgan fingerprint density at radius 3 is 2.48 bits per heavy atom. The lowest BCUT2D eigenvalue weighted by Crippen LogP contribution is -2.32. The number of amides is 2. The molecule has 0 unspecified atom stereocenters. The van der Waals surface area contributed by atoms with Crippen LogP contribution in [-0.2, 0) is 4.79 Å². The van der Waals surface area contributed by atoms with Gasteiger partial charge in [0.25, 0.3) is 5.91 Å². The molecule has 0 atom stereocenters. The molecule has 0 radical (unpaired) electrons. The van der Waals surface area contributed by atoms with Crippen LogP contribution in [-0.4, -0.2) is 54.9 Å². The van der Waals surface area contributed by atoms with Crippen LogP contribution in [0.5, 0.6) is 0 Å². The fourth-order valence-electron chi connectivity index (χ4n) is 5.47. The molecule has 1 aromatic carbocycles. The molecule has 1 N–H and O–H groups in total. The smallest absolute Gasteiger partial charge is 0.260 e. The molecule has 0 bridgehead atoms. The molecule has 33 heavy (non-hydrogen) atoms. The van der Waals surface area contributed by atoms with Crippen molar-refractivity contribution in [3.05, 3.63) is 42.1 Å². The Kier molecular flexibility index (Phi) is 5.96. The molecular formula is C26H33N5O2. The highest BCUT2D eigenvalue weighted by Gasteiger charge is 2.29. The van der Waals surface area contributed by atoms with E-state index in [1.807, 2.05) is 42.3 Å². The average Bonchev–Trinajstić information content (AvgIpc) is 3.37.